The van der Waals surface area contributed by atoms with Crippen molar-refractivity contribution in [1.82, 2.24) is 0 Å². The van der Waals surface area contributed by atoms with Gasteiger partial charge in [-0.3, -0.25) is 4.79 Å². The topological polar surface area (TPSA) is 35.5 Å². The number of ether oxygens (including phenoxy) is 2. The summed E-state index contributed by atoms with van der Waals surface area (Å²) in [4.78, 5) is 12.5. The predicted octanol–water partition coefficient (Wildman–Crippen LogP) is 3.47. The fourth-order valence-electron chi connectivity index (χ4n) is 3.10. The molecule has 1 aliphatic carbocycles. The minimum atomic E-state index is 0.186. The third-order valence-electron chi connectivity index (χ3n) is 4.13. The lowest BCUT2D eigenvalue weighted by Crippen LogP contribution is -2.22. The molecule has 102 valence electrons. The molecular formula is C16H20O3. The molecule has 0 spiro atoms. The zero-order valence-corrected chi connectivity index (χ0v) is 11.4. The van der Waals surface area contributed by atoms with E-state index in [2.05, 4.69) is 6.92 Å². The maximum atomic E-state index is 12.5. The average Bonchev–Trinajstić information content (AvgIpc) is 2.46. The average molecular weight is 260 g/mol. The molecule has 3 nitrogen and oxygen atoms in total. The Morgan fingerprint density at radius 1 is 1.16 bits per heavy atom. The molecule has 1 saturated carbocycles. The summed E-state index contributed by atoms with van der Waals surface area (Å²) < 4.78 is 11.0. The van der Waals surface area contributed by atoms with Crippen molar-refractivity contribution in [3.8, 4) is 11.5 Å². The number of Topliss-reactive ketones (excluding diaryl/α,β-unsaturated/α-hetero) is 1. The molecule has 1 aromatic rings. The van der Waals surface area contributed by atoms with Gasteiger partial charge in [-0.2, -0.15) is 0 Å². The zero-order valence-electron chi connectivity index (χ0n) is 11.4. The smallest absolute Gasteiger partial charge is 0.166 e. The number of hydrogen-bond acceptors (Lipinski definition) is 3. The Kier molecular flexibility index (Phi) is 3.45. The first-order valence-corrected chi connectivity index (χ1v) is 7.18. The van der Waals surface area contributed by atoms with Gasteiger partial charge in [-0.1, -0.05) is 19.8 Å². The molecule has 1 aliphatic heterocycles. The molecule has 0 aromatic heterocycles. The second kappa shape index (κ2) is 5.24. The third kappa shape index (κ3) is 2.60. The van der Waals surface area contributed by atoms with Crippen molar-refractivity contribution in [1.29, 1.82) is 0 Å². The first-order valence-electron chi connectivity index (χ1n) is 7.18. The third-order valence-corrected chi connectivity index (χ3v) is 4.13. The van der Waals surface area contributed by atoms with Gasteiger partial charge in [-0.15, -0.1) is 0 Å². The van der Waals surface area contributed by atoms with Gasteiger partial charge in [0.1, 0.15) is 13.2 Å². The van der Waals surface area contributed by atoms with Crippen LogP contribution < -0.4 is 9.47 Å². The van der Waals surface area contributed by atoms with E-state index < -0.39 is 0 Å². The van der Waals surface area contributed by atoms with Crippen LogP contribution in [-0.2, 0) is 0 Å². The molecule has 1 aromatic carbocycles. The maximum absolute atomic E-state index is 12.5. The molecule has 2 aliphatic rings. The van der Waals surface area contributed by atoms with Gasteiger partial charge in [0, 0.05) is 11.5 Å². The predicted molar refractivity (Wildman–Crippen MR) is 72.9 cm³/mol. The van der Waals surface area contributed by atoms with Crippen molar-refractivity contribution in [2.45, 2.75) is 32.6 Å². The quantitative estimate of drug-likeness (QED) is 0.764. The van der Waals surface area contributed by atoms with Crippen molar-refractivity contribution in [3.05, 3.63) is 23.8 Å². The second-order valence-electron chi connectivity index (χ2n) is 5.69. The molecular weight excluding hydrogens is 240 g/mol. The summed E-state index contributed by atoms with van der Waals surface area (Å²) in [5.41, 5.74) is 0.767. The highest BCUT2D eigenvalue weighted by Gasteiger charge is 2.26. The van der Waals surface area contributed by atoms with E-state index in [1.54, 1.807) is 0 Å². The Morgan fingerprint density at radius 3 is 2.74 bits per heavy atom. The first kappa shape index (κ1) is 12.5. The van der Waals surface area contributed by atoms with E-state index in [-0.39, 0.29) is 11.7 Å². The summed E-state index contributed by atoms with van der Waals surface area (Å²) in [5, 5.41) is 0. The Balaban J connectivity index is 1.79. The van der Waals surface area contributed by atoms with Gasteiger partial charge < -0.3 is 9.47 Å². The fraction of sp³-hybridized carbons (Fsp3) is 0.562. The number of carbonyl (C=O) groups excluding carboxylic acids is 1. The van der Waals surface area contributed by atoms with Crippen molar-refractivity contribution in [2.75, 3.05) is 13.2 Å². The lowest BCUT2D eigenvalue weighted by atomic mass is 9.79. The Morgan fingerprint density at radius 2 is 1.95 bits per heavy atom. The molecule has 2 unspecified atom stereocenters. The summed E-state index contributed by atoms with van der Waals surface area (Å²) in [6.07, 6.45) is 4.47. The normalized spacial score (nSPS) is 25.9. The van der Waals surface area contributed by atoms with E-state index in [1.807, 2.05) is 18.2 Å². The van der Waals surface area contributed by atoms with E-state index in [1.165, 1.54) is 12.8 Å². The first-order chi connectivity index (χ1) is 9.24. The van der Waals surface area contributed by atoms with Crippen LogP contribution in [-0.4, -0.2) is 19.0 Å². The van der Waals surface area contributed by atoms with Gasteiger partial charge in [-0.25, -0.2) is 0 Å². The van der Waals surface area contributed by atoms with Crippen LogP contribution in [0.25, 0.3) is 0 Å². The van der Waals surface area contributed by atoms with Gasteiger partial charge >= 0.3 is 0 Å². The van der Waals surface area contributed by atoms with Crippen LogP contribution in [0, 0.1) is 11.8 Å². The van der Waals surface area contributed by atoms with Gasteiger partial charge in [0.25, 0.3) is 0 Å². The fourth-order valence-corrected chi connectivity index (χ4v) is 3.10. The summed E-state index contributed by atoms with van der Waals surface area (Å²) in [7, 11) is 0. The molecule has 1 fully saturated rings. The van der Waals surface area contributed by atoms with E-state index in [4.69, 9.17) is 9.47 Å². The minimum absolute atomic E-state index is 0.186. The summed E-state index contributed by atoms with van der Waals surface area (Å²) in [5.74, 6) is 2.58. The number of ketones is 1. The van der Waals surface area contributed by atoms with Crippen LogP contribution in [0.3, 0.4) is 0 Å². The van der Waals surface area contributed by atoms with Crippen LogP contribution in [0.15, 0.2) is 18.2 Å². The van der Waals surface area contributed by atoms with Crippen molar-refractivity contribution in [2.24, 2.45) is 11.8 Å². The molecule has 19 heavy (non-hydrogen) atoms. The Labute approximate surface area is 113 Å². The number of carbonyl (C=O) groups is 1. The van der Waals surface area contributed by atoms with Crippen LogP contribution in [0.5, 0.6) is 11.5 Å². The summed E-state index contributed by atoms with van der Waals surface area (Å²) in [6.45, 7) is 3.38. The summed E-state index contributed by atoms with van der Waals surface area (Å²) in [6, 6.07) is 5.57. The number of rotatable bonds is 2. The molecule has 1 heterocycles. The summed E-state index contributed by atoms with van der Waals surface area (Å²) >= 11 is 0. The molecule has 3 heteroatoms. The SMILES string of the molecule is CC1CCCC(C(=O)c2ccc3c(c2)OCCO3)C1. The molecule has 0 saturated heterocycles. The molecule has 0 radical (unpaired) electrons. The van der Waals surface area contributed by atoms with Gasteiger partial charge in [0.05, 0.1) is 0 Å². The second-order valence-corrected chi connectivity index (χ2v) is 5.69. The van der Waals surface area contributed by atoms with E-state index in [0.29, 0.717) is 24.9 Å². The molecule has 0 bridgehead atoms. The van der Waals surface area contributed by atoms with Crippen LogP contribution in [0.4, 0.5) is 0 Å². The zero-order chi connectivity index (χ0) is 13.2. The van der Waals surface area contributed by atoms with Gasteiger partial charge in [0.15, 0.2) is 17.3 Å². The van der Waals surface area contributed by atoms with Crippen molar-refractivity contribution >= 4 is 5.78 Å². The van der Waals surface area contributed by atoms with Crippen LogP contribution in [0.2, 0.25) is 0 Å². The molecule has 0 N–H and O–H groups in total. The molecule has 0 amide bonds. The van der Waals surface area contributed by atoms with E-state index in [9.17, 15) is 4.79 Å². The van der Waals surface area contributed by atoms with Crippen LogP contribution >= 0.6 is 0 Å². The van der Waals surface area contributed by atoms with Gasteiger partial charge in [-0.05, 0) is 37.0 Å². The number of benzene rings is 1. The monoisotopic (exact) mass is 260 g/mol. The van der Waals surface area contributed by atoms with Crippen LogP contribution in [0.1, 0.15) is 43.0 Å². The number of fused-ring (bicyclic) bond motifs is 1. The minimum Gasteiger partial charge on any atom is -0.486 e. The van der Waals surface area contributed by atoms with Crippen molar-refractivity contribution in [3.63, 3.8) is 0 Å². The lowest BCUT2D eigenvalue weighted by molar-refractivity contribution is 0.0867. The standard InChI is InChI=1S/C16H20O3/c1-11-3-2-4-12(9-11)16(17)13-5-6-14-15(10-13)19-8-7-18-14/h5-6,10-12H,2-4,7-9H2,1H3. The molecule has 3 rings (SSSR count). The highest BCUT2D eigenvalue weighted by molar-refractivity contribution is 5.98. The Bertz CT molecular complexity index is 481. The van der Waals surface area contributed by atoms with Crippen molar-refractivity contribution < 1.29 is 14.3 Å². The maximum Gasteiger partial charge on any atom is 0.166 e. The number of hydrogen-bond donors (Lipinski definition) is 0. The highest BCUT2D eigenvalue weighted by Crippen LogP contribution is 2.34. The van der Waals surface area contributed by atoms with Gasteiger partial charge in [0.2, 0.25) is 0 Å². The lowest BCUT2D eigenvalue weighted by Gasteiger charge is -2.26. The molecule has 2 atom stereocenters. The Hall–Kier alpha value is -1.51. The van der Waals surface area contributed by atoms with E-state index in [0.717, 1.165) is 24.2 Å². The largest absolute Gasteiger partial charge is 0.486 e. The highest BCUT2D eigenvalue weighted by atomic mass is 16.6. The van der Waals surface area contributed by atoms with E-state index >= 15 is 0 Å².